The fourth-order valence-corrected chi connectivity index (χ4v) is 3.11. The van der Waals surface area contributed by atoms with Crippen molar-refractivity contribution in [3.8, 4) is 0 Å². The molecule has 25 heavy (non-hydrogen) atoms. The number of benzene rings is 1. The number of carbonyl (C=O) groups is 1. The number of carbonyl (C=O) groups excluding carboxylic acids is 1. The number of esters is 1. The van der Waals surface area contributed by atoms with E-state index in [0.29, 0.717) is 24.0 Å². The molecule has 0 saturated carbocycles. The maximum Gasteiger partial charge on any atom is 0.432 e. The van der Waals surface area contributed by atoms with Crippen LogP contribution in [0.4, 0.5) is 22.0 Å². The lowest BCUT2D eigenvalue weighted by molar-refractivity contribution is -0.259. The van der Waals surface area contributed by atoms with Crippen LogP contribution in [0, 0.1) is 0 Å². The molecular formula is C14H13F5O5S. The van der Waals surface area contributed by atoms with Crippen molar-refractivity contribution in [2.75, 3.05) is 0 Å². The maximum absolute atomic E-state index is 13.5. The molecule has 0 aromatic heterocycles. The Hall–Kier alpha value is -1.75. The van der Waals surface area contributed by atoms with Gasteiger partial charge in [-0.05, 0) is 30.4 Å². The molecule has 0 amide bonds. The highest BCUT2D eigenvalue weighted by Gasteiger charge is 2.66. The molecule has 0 saturated heterocycles. The van der Waals surface area contributed by atoms with Crippen LogP contribution in [0.25, 0.3) is 0 Å². The molecule has 11 heteroatoms. The van der Waals surface area contributed by atoms with Gasteiger partial charge in [0.25, 0.3) is 6.10 Å². The van der Waals surface area contributed by atoms with Crippen molar-refractivity contribution in [2.45, 2.75) is 42.7 Å². The van der Waals surface area contributed by atoms with E-state index in [1.165, 1.54) is 12.1 Å². The summed E-state index contributed by atoms with van der Waals surface area (Å²) in [5, 5.41) is -5.73. The fourth-order valence-electron chi connectivity index (χ4n) is 2.66. The number of alkyl halides is 5. The van der Waals surface area contributed by atoms with E-state index in [1.54, 1.807) is 12.1 Å². The lowest BCUT2D eigenvalue weighted by Crippen LogP contribution is -2.52. The summed E-state index contributed by atoms with van der Waals surface area (Å²) in [7, 11) is -6.45. The van der Waals surface area contributed by atoms with E-state index in [1.807, 2.05) is 0 Å². The van der Waals surface area contributed by atoms with E-state index in [2.05, 4.69) is 4.74 Å². The maximum atomic E-state index is 13.5. The van der Waals surface area contributed by atoms with Gasteiger partial charge in [-0.25, -0.2) is 0 Å². The first-order valence-corrected chi connectivity index (χ1v) is 8.49. The van der Waals surface area contributed by atoms with Crippen LogP contribution < -0.4 is 0 Å². The first-order valence-electron chi connectivity index (χ1n) is 7.05. The van der Waals surface area contributed by atoms with E-state index in [-0.39, 0.29) is 6.42 Å². The van der Waals surface area contributed by atoms with E-state index >= 15 is 0 Å². The topological polar surface area (TPSA) is 80.7 Å². The second kappa shape index (κ2) is 6.52. The molecule has 5 nitrogen and oxygen atoms in total. The van der Waals surface area contributed by atoms with Gasteiger partial charge < -0.3 is 4.74 Å². The van der Waals surface area contributed by atoms with Gasteiger partial charge in [-0.2, -0.15) is 30.4 Å². The van der Waals surface area contributed by atoms with Crippen molar-refractivity contribution < 1.29 is 44.5 Å². The standard InChI is InChI=1S/C14H13F5O5S/c15-13(16,17)12(14(18,19)25(21,22)23)24-11(20)10-7-3-5-8-4-1-2-6-9(8)10/h1-2,4,6,10,12H,3,5,7H2,(H,21,22,23). The Balaban J connectivity index is 2.34. The highest BCUT2D eigenvalue weighted by atomic mass is 32.2. The van der Waals surface area contributed by atoms with Crippen LogP contribution in [-0.2, 0) is 26.1 Å². The third-order valence-electron chi connectivity index (χ3n) is 3.83. The van der Waals surface area contributed by atoms with Crippen molar-refractivity contribution in [3.05, 3.63) is 35.4 Å². The molecule has 1 aromatic carbocycles. The molecule has 0 bridgehead atoms. The van der Waals surface area contributed by atoms with Crippen LogP contribution in [0.15, 0.2) is 24.3 Å². The van der Waals surface area contributed by atoms with Gasteiger partial charge in [0.05, 0.1) is 5.92 Å². The molecule has 0 heterocycles. The Kier molecular flexibility index (Phi) is 5.11. The summed E-state index contributed by atoms with van der Waals surface area (Å²) < 4.78 is 98.9. The second-order valence-corrected chi connectivity index (χ2v) is 7.03. The van der Waals surface area contributed by atoms with E-state index in [9.17, 15) is 35.2 Å². The lowest BCUT2D eigenvalue weighted by atomic mass is 9.83. The minimum Gasteiger partial charge on any atom is -0.444 e. The van der Waals surface area contributed by atoms with E-state index < -0.39 is 39.5 Å². The molecule has 2 unspecified atom stereocenters. The van der Waals surface area contributed by atoms with Crippen molar-refractivity contribution in [2.24, 2.45) is 0 Å². The van der Waals surface area contributed by atoms with Crippen LogP contribution in [0.1, 0.15) is 29.9 Å². The lowest BCUT2D eigenvalue weighted by Gasteiger charge is -2.29. The Morgan fingerprint density at radius 3 is 2.36 bits per heavy atom. The highest BCUT2D eigenvalue weighted by molar-refractivity contribution is 7.86. The summed E-state index contributed by atoms with van der Waals surface area (Å²) in [6, 6.07) is 6.28. The van der Waals surface area contributed by atoms with Gasteiger partial charge >= 0.3 is 27.5 Å². The predicted molar refractivity (Wildman–Crippen MR) is 74.6 cm³/mol. The zero-order valence-corrected chi connectivity index (χ0v) is 13.3. The van der Waals surface area contributed by atoms with Gasteiger partial charge in [0.1, 0.15) is 0 Å². The van der Waals surface area contributed by atoms with Crippen molar-refractivity contribution in [1.82, 2.24) is 0 Å². The minimum atomic E-state index is -6.45. The molecule has 0 radical (unpaired) electrons. The zero-order chi connectivity index (χ0) is 19.0. The highest BCUT2D eigenvalue weighted by Crippen LogP contribution is 2.40. The largest absolute Gasteiger partial charge is 0.444 e. The summed E-state index contributed by atoms with van der Waals surface area (Å²) in [5.74, 6) is -2.86. The van der Waals surface area contributed by atoms with Crippen LogP contribution in [0.2, 0.25) is 0 Å². The summed E-state index contributed by atoms with van der Waals surface area (Å²) in [6.45, 7) is 0. The molecule has 2 rings (SSSR count). The second-order valence-electron chi connectivity index (χ2n) is 5.54. The van der Waals surface area contributed by atoms with Crippen LogP contribution in [-0.4, -0.2) is 36.5 Å². The van der Waals surface area contributed by atoms with Gasteiger partial charge in [-0.1, -0.05) is 24.3 Å². The smallest absolute Gasteiger partial charge is 0.432 e. The van der Waals surface area contributed by atoms with Gasteiger partial charge in [-0.3, -0.25) is 9.35 Å². The number of halogens is 5. The Morgan fingerprint density at radius 2 is 1.80 bits per heavy atom. The molecule has 0 spiro atoms. The SMILES string of the molecule is O=C(OC(C(F)(F)F)C(F)(F)S(=O)(=O)O)C1CCCc2ccccc21. The van der Waals surface area contributed by atoms with Gasteiger partial charge in [0, 0.05) is 0 Å². The number of ether oxygens (including phenoxy) is 1. The average molecular weight is 388 g/mol. The number of hydrogen-bond donors (Lipinski definition) is 1. The Labute approximate surface area is 139 Å². The summed E-state index contributed by atoms with van der Waals surface area (Å²) >= 11 is 0. The first-order chi connectivity index (χ1) is 11.4. The van der Waals surface area contributed by atoms with Crippen molar-refractivity contribution >= 4 is 16.1 Å². The Bertz CT molecular complexity index is 759. The molecule has 1 N–H and O–H groups in total. The van der Waals surface area contributed by atoms with E-state index in [4.69, 9.17) is 4.55 Å². The average Bonchev–Trinajstić information content (AvgIpc) is 2.49. The molecule has 0 fully saturated rings. The third-order valence-corrected chi connectivity index (χ3v) is 4.74. The van der Waals surface area contributed by atoms with Crippen LogP contribution in [0.5, 0.6) is 0 Å². The minimum absolute atomic E-state index is 0.0673. The molecule has 1 aromatic rings. The predicted octanol–water partition coefficient (Wildman–Crippen LogP) is 3.06. The quantitative estimate of drug-likeness (QED) is 0.487. The molecule has 1 aliphatic rings. The number of hydrogen-bond acceptors (Lipinski definition) is 4. The van der Waals surface area contributed by atoms with Gasteiger partial charge in [0.2, 0.25) is 0 Å². The monoisotopic (exact) mass is 388 g/mol. The third kappa shape index (κ3) is 3.92. The summed E-state index contributed by atoms with van der Waals surface area (Å²) in [5.41, 5.74) is 1.01. The van der Waals surface area contributed by atoms with Gasteiger partial charge in [0.15, 0.2) is 0 Å². The normalized spacial score (nSPS) is 19.8. The van der Waals surface area contributed by atoms with E-state index in [0.717, 1.165) is 0 Å². The molecule has 0 aliphatic heterocycles. The van der Waals surface area contributed by atoms with Crippen LogP contribution >= 0.6 is 0 Å². The molecule has 140 valence electrons. The summed E-state index contributed by atoms with van der Waals surface area (Å²) in [6.07, 6.45) is -9.16. The zero-order valence-electron chi connectivity index (χ0n) is 12.5. The van der Waals surface area contributed by atoms with Crippen molar-refractivity contribution in [3.63, 3.8) is 0 Å². The van der Waals surface area contributed by atoms with Crippen LogP contribution in [0.3, 0.4) is 0 Å². The summed E-state index contributed by atoms with van der Waals surface area (Å²) in [4.78, 5) is 12.1. The number of aryl methyl sites for hydroxylation is 1. The first kappa shape index (κ1) is 19.6. The molecular weight excluding hydrogens is 375 g/mol. The molecule has 2 atom stereocenters. The number of rotatable bonds is 4. The van der Waals surface area contributed by atoms with Gasteiger partial charge in [-0.15, -0.1) is 0 Å². The van der Waals surface area contributed by atoms with Crippen molar-refractivity contribution in [1.29, 1.82) is 0 Å². The Morgan fingerprint density at radius 1 is 1.20 bits per heavy atom. The fraction of sp³-hybridized carbons (Fsp3) is 0.500. The number of fused-ring (bicyclic) bond motifs is 1. The molecule has 1 aliphatic carbocycles.